The number of halogens is 1. The number of rotatable bonds is 2. The summed E-state index contributed by atoms with van der Waals surface area (Å²) in [6.45, 7) is 3.04. The number of benzene rings is 1. The number of nitrogens with two attached hydrogens (primary N) is 1. The Hall–Kier alpha value is -0.190. The number of para-hydroxylation sites is 1. The molecule has 2 N–H and O–H groups in total. The van der Waals surface area contributed by atoms with Crippen molar-refractivity contribution in [1.29, 1.82) is 0 Å². The van der Waals surface area contributed by atoms with E-state index in [9.17, 15) is 0 Å². The summed E-state index contributed by atoms with van der Waals surface area (Å²) in [4.78, 5) is 3.71. The van der Waals surface area contributed by atoms with Crippen LogP contribution in [0, 0.1) is 0 Å². The minimum absolute atomic E-state index is 0.528. The minimum Gasteiger partial charge on any atom is -0.369 e. The standard InChI is InChI=1S/C12H17BrN2S/c1-8-10(6-7-14)16-11-5-3-4-9(13)12(11)15(8)2/h3-5,8,10H,6-7,14H2,1-2H3. The molecule has 0 aromatic heterocycles. The van der Waals surface area contributed by atoms with Crippen LogP contribution in [0.3, 0.4) is 0 Å². The predicted octanol–water partition coefficient (Wildman–Crippen LogP) is 3.10. The van der Waals surface area contributed by atoms with E-state index in [0.717, 1.165) is 13.0 Å². The van der Waals surface area contributed by atoms with Gasteiger partial charge in [0.15, 0.2) is 0 Å². The molecule has 16 heavy (non-hydrogen) atoms. The van der Waals surface area contributed by atoms with Gasteiger partial charge in [-0.15, -0.1) is 11.8 Å². The molecule has 1 aromatic rings. The van der Waals surface area contributed by atoms with E-state index in [2.05, 4.69) is 53.0 Å². The smallest absolute Gasteiger partial charge is 0.0649 e. The van der Waals surface area contributed by atoms with Crippen LogP contribution in [0.1, 0.15) is 13.3 Å². The Morgan fingerprint density at radius 1 is 1.50 bits per heavy atom. The molecule has 0 saturated carbocycles. The predicted molar refractivity (Wildman–Crippen MR) is 75.3 cm³/mol. The Morgan fingerprint density at radius 3 is 2.94 bits per heavy atom. The second-order valence-electron chi connectivity index (χ2n) is 4.17. The van der Waals surface area contributed by atoms with Crippen LogP contribution >= 0.6 is 27.7 Å². The first-order valence-corrected chi connectivity index (χ1v) is 7.20. The molecule has 2 atom stereocenters. The average molecular weight is 301 g/mol. The zero-order valence-corrected chi connectivity index (χ0v) is 12.0. The third kappa shape index (κ3) is 2.11. The molecular formula is C12H17BrN2S. The molecule has 0 saturated heterocycles. The summed E-state index contributed by atoms with van der Waals surface area (Å²) in [6, 6.07) is 6.92. The number of hydrogen-bond donors (Lipinski definition) is 1. The lowest BCUT2D eigenvalue weighted by Gasteiger charge is -2.39. The number of hydrogen-bond acceptors (Lipinski definition) is 3. The second kappa shape index (κ2) is 4.98. The van der Waals surface area contributed by atoms with Crippen molar-refractivity contribution in [3.63, 3.8) is 0 Å². The van der Waals surface area contributed by atoms with E-state index in [-0.39, 0.29) is 0 Å². The van der Waals surface area contributed by atoms with E-state index in [1.807, 2.05) is 11.8 Å². The zero-order chi connectivity index (χ0) is 11.7. The van der Waals surface area contributed by atoms with Crippen LogP contribution in [-0.4, -0.2) is 24.9 Å². The Balaban J connectivity index is 2.36. The molecule has 1 aliphatic rings. The van der Waals surface area contributed by atoms with E-state index >= 15 is 0 Å². The van der Waals surface area contributed by atoms with Gasteiger partial charge in [-0.1, -0.05) is 6.07 Å². The molecular weight excluding hydrogens is 284 g/mol. The van der Waals surface area contributed by atoms with Gasteiger partial charge in [-0.25, -0.2) is 0 Å². The minimum atomic E-state index is 0.528. The summed E-state index contributed by atoms with van der Waals surface area (Å²) >= 11 is 5.59. The first-order valence-electron chi connectivity index (χ1n) is 5.53. The summed E-state index contributed by atoms with van der Waals surface area (Å²) in [7, 11) is 2.16. The second-order valence-corrected chi connectivity index (χ2v) is 6.31. The Kier molecular flexibility index (Phi) is 3.82. The lowest BCUT2D eigenvalue weighted by atomic mass is 10.1. The summed E-state index contributed by atoms with van der Waals surface area (Å²) in [5.74, 6) is 0. The van der Waals surface area contributed by atoms with Crippen molar-refractivity contribution in [2.75, 3.05) is 18.5 Å². The molecule has 0 amide bonds. The van der Waals surface area contributed by atoms with Gasteiger partial charge in [-0.2, -0.15) is 0 Å². The summed E-state index contributed by atoms with van der Waals surface area (Å²) < 4.78 is 1.18. The topological polar surface area (TPSA) is 29.3 Å². The van der Waals surface area contributed by atoms with Gasteiger partial charge < -0.3 is 10.6 Å². The summed E-state index contributed by atoms with van der Waals surface area (Å²) in [5.41, 5.74) is 6.99. The fourth-order valence-electron chi connectivity index (χ4n) is 2.11. The highest BCUT2D eigenvalue weighted by Gasteiger charge is 2.30. The van der Waals surface area contributed by atoms with E-state index < -0.39 is 0 Å². The summed E-state index contributed by atoms with van der Waals surface area (Å²) in [6.07, 6.45) is 1.07. The summed E-state index contributed by atoms with van der Waals surface area (Å²) in [5, 5.41) is 0.594. The normalized spacial score (nSPS) is 24.4. The quantitative estimate of drug-likeness (QED) is 0.910. The van der Waals surface area contributed by atoms with Gasteiger partial charge in [0.25, 0.3) is 0 Å². The number of thioether (sulfide) groups is 1. The molecule has 1 aliphatic heterocycles. The van der Waals surface area contributed by atoms with Gasteiger partial charge in [0.2, 0.25) is 0 Å². The van der Waals surface area contributed by atoms with E-state index in [0.29, 0.717) is 11.3 Å². The van der Waals surface area contributed by atoms with Gasteiger partial charge in [0, 0.05) is 27.7 Å². The molecule has 2 nitrogen and oxygen atoms in total. The fourth-order valence-corrected chi connectivity index (χ4v) is 4.37. The van der Waals surface area contributed by atoms with Gasteiger partial charge in [0.1, 0.15) is 0 Å². The molecule has 1 aromatic carbocycles. The zero-order valence-electron chi connectivity index (χ0n) is 9.61. The van der Waals surface area contributed by atoms with E-state index in [4.69, 9.17) is 5.73 Å². The van der Waals surface area contributed by atoms with Crippen LogP contribution in [0.25, 0.3) is 0 Å². The van der Waals surface area contributed by atoms with E-state index in [1.54, 1.807) is 0 Å². The maximum absolute atomic E-state index is 5.68. The van der Waals surface area contributed by atoms with Crippen molar-refractivity contribution in [1.82, 2.24) is 0 Å². The van der Waals surface area contributed by atoms with E-state index in [1.165, 1.54) is 15.1 Å². The maximum Gasteiger partial charge on any atom is 0.0649 e. The van der Waals surface area contributed by atoms with Gasteiger partial charge in [-0.05, 0) is 48.0 Å². The van der Waals surface area contributed by atoms with Crippen molar-refractivity contribution in [3.05, 3.63) is 22.7 Å². The van der Waals surface area contributed by atoms with Crippen molar-refractivity contribution in [3.8, 4) is 0 Å². The molecule has 0 aliphatic carbocycles. The molecule has 88 valence electrons. The van der Waals surface area contributed by atoms with Crippen LogP contribution in [0.2, 0.25) is 0 Å². The van der Waals surface area contributed by atoms with Gasteiger partial charge in [0.05, 0.1) is 5.69 Å². The van der Waals surface area contributed by atoms with Crippen molar-refractivity contribution in [2.45, 2.75) is 29.5 Å². The van der Waals surface area contributed by atoms with Gasteiger partial charge in [-0.3, -0.25) is 0 Å². The maximum atomic E-state index is 5.68. The molecule has 2 unspecified atom stereocenters. The van der Waals surface area contributed by atoms with Crippen LogP contribution in [-0.2, 0) is 0 Å². The van der Waals surface area contributed by atoms with Crippen LogP contribution in [0.4, 0.5) is 5.69 Å². The molecule has 0 radical (unpaired) electrons. The molecule has 0 spiro atoms. The molecule has 0 fully saturated rings. The Morgan fingerprint density at radius 2 is 2.25 bits per heavy atom. The number of anilines is 1. The Labute approximate surface area is 110 Å². The third-order valence-electron chi connectivity index (χ3n) is 3.18. The third-order valence-corrected chi connectivity index (χ3v) is 5.34. The highest BCUT2D eigenvalue weighted by Crippen LogP contribution is 2.45. The van der Waals surface area contributed by atoms with Gasteiger partial charge >= 0.3 is 0 Å². The average Bonchev–Trinajstić information content (AvgIpc) is 2.25. The SMILES string of the molecule is CC1C(CCN)Sc2cccc(Br)c2N1C. The fraction of sp³-hybridized carbons (Fsp3) is 0.500. The highest BCUT2D eigenvalue weighted by molar-refractivity contribution is 9.10. The van der Waals surface area contributed by atoms with Crippen molar-refractivity contribution < 1.29 is 0 Å². The molecule has 1 heterocycles. The number of fused-ring (bicyclic) bond motifs is 1. The molecule has 2 rings (SSSR count). The van der Waals surface area contributed by atoms with Crippen LogP contribution < -0.4 is 10.6 Å². The lowest BCUT2D eigenvalue weighted by Crippen LogP contribution is -2.41. The molecule has 0 bridgehead atoms. The van der Waals surface area contributed by atoms with Crippen molar-refractivity contribution in [2.24, 2.45) is 5.73 Å². The Bertz CT molecular complexity index is 383. The number of nitrogens with zero attached hydrogens (tertiary/aromatic N) is 1. The lowest BCUT2D eigenvalue weighted by molar-refractivity contribution is 0.603. The molecule has 4 heteroatoms. The first-order chi connectivity index (χ1) is 7.65. The largest absolute Gasteiger partial charge is 0.369 e. The highest BCUT2D eigenvalue weighted by atomic mass is 79.9. The first kappa shape index (κ1) is 12.3. The van der Waals surface area contributed by atoms with Crippen LogP contribution in [0.5, 0.6) is 0 Å². The van der Waals surface area contributed by atoms with Crippen LogP contribution in [0.15, 0.2) is 27.6 Å². The van der Waals surface area contributed by atoms with Crippen molar-refractivity contribution >= 4 is 33.4 Å². The monoisotopic (exact) mass is 300 g/mol.